The van der Waals surface area contributed by atoms with Gasteiger partial charge in [0.1, 0.15) is 0 Å². The molecule has 0 radical (unpaired) electrons. The van der Waals surface area contributed by atoms with Gasteiger partial charge in [-0.1, -0.05) is 194 Å². The predicted molar refractivity (Wildman–Crippen MR) is 256 cm³/mol. The van der Waals surface area contributed by atoms with Gasteiger partial charge in [-0.2, -0.15) is 0 Å². The summed E-state index contributed by atoms with van der Waals surface area (Å²) in [5.74, 6) is 0. The number of fused-ring (bicyclic) bond motifs is 5. The molecule has 2 heteroatoms. The molecule has 1 heterocycles. The van der Waals surface area contributed by atoms with Crippen molar-refractivity contribution < 1.29 is 0 Å². The van der Waals surface area contributed by atoms with Crippen LogP contribution in [0.4, 0.5) is 17.1 Å². The van der Waals surface area contributed by atoms with Crippen LogP contribution in [0.2, 0.25) is 0 Å². The Morgan fingerprint density at radius 2 is 0.836 bits per heavy atom. The van der Waals surface area contributed by atoms with Crippen molar-refractivity contribution in [2.75, 3.05) is 4.90 Å². The summed E-state index contributed by atoms with van der Waals surface area (Å²) < 4.78 is 0. The highest BCUT2D eigenvalue weighted by molar-refractivity contribution is 7.99. The Labute approximate surface area is 361 Å². The number of rotatable bonds is 7. The second kappa shape index (κ2) is 14.4. The van der Waals surface area contributed by atoms with E-state index in [1.165, 1.54) is 87.3 Å². The van der Waals surface area contributed by atoms with Crippen molar-refractivity contribution in [3.63, 3.8) is 0 Å². The molecular formula is C59H39NS. The quantitative estimate of drug-likeness (QED) is 0.158. The Balaban J connectivity index is 0.996. The Morgan fingerprint density at radius 3 is 1.56 bits per heavy atom. The minimum atomic E-state index is -0.454. The Morgan fingerprint density at radius 1 is 0.311 bits per heavy atom. The SMILES string of the molecule is c1ccc(-c2ccc(N(c3ccc(C4(c5ccccc5)c5ccccc5-c5ccccc54)cc3)c3cccc(-c4ccc5c(c4)-c4cccc6cccc(c46)S5)c3)cc2)cc1. The van der Waals surface area contributed by atoms with E-state index >= 15 is 0 Å². The third-order valence-electron chi connectivity index (χ3n) is 12.7. The maximum atomic E-state index is 2.40. The molecule has 0 N–H and O–H groups in total. The van der Waals surface area contributed by atoms with Crippen LogP contribution in [0.1, 0.15) is 22.3 Å². The fourth-order valence-corrected chi connectivity index (χ4v) is 11.1. The molecule has 0 spiro atoms. The third kappa shape index (κ3) is 5.71. The van der Waals surface area contributed by atoms with Crippen LogP contribution in [0.3, 0.4) is 0 Å². The molecule has 2 aliphatic rings. The molecular weight excluding hydrogens is 755 g/mol. The van der Waals surface area contributed by atoms with Gasteiger partial charge in [0.05, 0.1) is 5.41 Å². The molecule has 0 fully saturated rings. The highest BCUT2D eigenvalue weighted by atomic mass is 32.2. The van der Waals surface area contributed by atoms with E-state index in [0.717, 1.165) is 17.1 Å². The minimum absolute atomic E-state index is 0.454. The van der Waals surface area contributed by atoms with Gasteiger partial charge >= 0.3 is 0 Å². The molecule has 0 bridgehead atoms. The zero-order valence-electron chi connectivity index (χ0n) is 33.4. The standard InChI is InChI=1S/C59H39NS/c1-3-14-40(15-4-1)41-28-33-47(34-29-41)60(49-21-11-18-43(38-49)44-30-37-56-53(39-44)52-24-12-16-42-17-13-27-57(61-56)58(42)52)48-35-31-46(32-36-48)59(45-19-5-2-6-20-45)54-25-9-7-22-50(54)51-23-8-10-26-55(51)59/h1-39H. The zero-order chi connectivity index (χ0) is 40.3. The van der Waals surface area contributed by atoms with E-state index < -0.39 is 5.41 Å². The van der Waals surface area contributed by atoms with Crippen molar-refractivity contribution in [2.24, 2.45) is 0 Å². The summed E-state index contributed by atoms with van der Waals surface area (Å²) in [5.41, 5.74) is 18.0. The van der Waals surface area contributed by atoms with Crippen molar-refractivity contribution in [2.45, 2.75) is 15.2 Å². The van der Waals surface area contributed by atoms with E-state index in [4.69, 9.17) is 0 Å². The van der Waals surface area contributed by atoms with Gasteiger partial charge in [-0.15, -0.1) is 0 Å². The molecule has 0 saturated carbocycles. The van der Waals surface area contributed by atoms with Gasteiger partial charge in [-0.05, 0) is 127 Å². The van der Waals surface area contributed by atoms with Crippen LogP contribution >= 0.6 is 11.8 Å². The van der Waals surface area contributed by atoms with Crippen molar-refractivity contribution in [1.29, 1.82) is 0 Å². The molecule has 12 rings (SSSR count). The van der Waals surface area contributed by atoms with Gasteiger partial charge < -0.3 is 4.90 Å². The van der Waals surface area contributed by atoms with Crippen LogP contribution in [-0.4, -0.2) is 0 Å². The topological polar surface area (TPSA) is 3.24 Å². The molecule has 1 nitrogen and oxygen atoms in total. The molecule has 10 aromatic rings. The lowest BCUT2D eigenvalue weighted by Crippen LogP contribution is -2.28. The smallest absolute Gasteiger partial charge is 0.0713 e. The monoisotopic (exact) mass is 793 g/mol. The van der Waals surface area contributed by atoms with E-state index in [1.807, 2.05) is 11.8 Å². The second-order valence-electron chi connectivity index (χ2n) is 16.0. The maximum absolute atomic E-state index is 2.40. The molecule has 1 aliphatic carbocycles. The molecule has 286 valence electrons. The first-order chi connectivity index (χ1) is 30.2. The lowest BCUT2D eigenvalue weighted by Gasteiger charge is -2.34. The van der Waals surface area contributed by atoms with Gasteiger partial charge in [0.25, 0.3) is 0 Å². The maximum Gasteiger partial charge on any atom is 0.0713 e. The predicted octanol–water partition coefficient (Wildman–Crippen LogP) is 16.1. The molecule has 61 heavy (non-hydrogen) atoms. The van der Waals surface area contributed by atoms with Crippen molar-refractivity contribution in [3.05, 3.63) is 259 Å². The van der Waals surface area contributed by atoms with Crippen LogP contribution in [-0.2, 0) is 5.41 Å². The van der Waals surface area contributed by atoms with Gasteiger partial charge in [0, 0.05) is 32.2 Å². The van der Waals surface area contributed by atoms with Crippen LogP contribution in [0.15, 0.2) is 246 Å². The van der Waals surface area contributed by atoms with Crippen LogP contribution < -0.4 is 4.90 Å². The van der Waals surface area contributed by atoms with Gasteiger partial charge in [-0.25, -0.2) is 0 Å². The Bertz CT molecular complexity index is 3210. The second-order valence-corrected chi connectivity index (χ2v) is 17.1. The lowest BCUT2D eigenvalue weighted by atomic mass is 9.68. The van der Waals surface area contributed by atoms with Crippen molar-refractivity contribution >= 4 is 39.6 Å². The number of anilines is 3. The van der Waals surface area contributed by atoms with Crippen LogP contribution in [0.25, 0.3) is 55.3 Å². The summed E-state index contributed by atoms with van der Waals surface area (Å²) in [6.07, 6.45) is 0. The van der Waals surface area contributed by atoms with Crippen LogP contribution in [0.5, 0.6) is 0 Å². The minimum Gasteiger partial charge on any atom is -0.310 e. The number of nitrogens with zero attached hydrogens (tertiary/aromatic N) is 1. The van der Waals surface area contributed by atoms with Gasteiger partial charge in [0.2, 0.25) is 0 Å². The van der Waals surface area contributed by atoms with Gasteiger partial charge in [0.15, 0.2) is 0 Å². The van der Waals surface area contributed by atoms with E-state index in [-0.39, 0.29) is 0 Å². The first-order valence-electron chi connectivity index (χ1n) is 21.0. The summed E-state index contributed by atoms with van der Waals surface area (Å²) in [7, 11) is 0. The Kier molecular flexibility index (Phi) is 8.40. The van der Waals surface area contributed by atoms with E-state index in [9.17, 15) is 0 Å². The summed E-state index contributed by atoms with van der Waals surface area (Å²) in [5, 5.41) is 2.64. The first kappa shape index (κ1) is 35.5. The van der Waals surface area contributed by atoms with Gasteiger partial charge in [-0.3, -0.25) is 0 Å². The molecule has 0 atom stereocenters. The fraction of sp³-hybridized carbons (Fsp3) is 0.0169. The van der Waals surface area contributed by atoms with Crippen molar-refractivity contribution in [1.82, 2.24) is 0 Å². The Hall–Kier alpha value is -7.39. The summed E-state index contributed by atoms with van der Waals surface area (Å²) in [4.78, 5) is 5.03. The molecule has 0 unspecified atom stereocenters. The number of hydrogen-bond donors (Lipinski definition) is 0. The molecule has 1 aliphatic heterocycles. The average molecular weight is 794 g/mol. The lowest BCUT2D eigenvalue weighted by molar-refractivity contribution is 0.768. The van der Waals surface area contributed by atoms with E-state index in [2.05, 4.69) is 241 Å². The summed E-state index contributed by atoms with van der Waals surface area (Å²) in [6, 6.07) is 87.2. The molecule has 0 saturated heterocycles. The zero-order valence-corrected chi connectivity index (χ0v) is 34.2. The van der Waals surface area contributed by atoms with Crippen molar-refractivity contribution in [3.8, 4) is 44.5 Å². The largest absolute Gasteiger partial charge is 0.310 e. The van der Waals surface area contributed by atoms with Crippen LogP contribution in [0, 0.1) is 0 Å². The third-order valence-corrected chi connectivity index (χ3v) is 13.9. The number of benzene rings is 10. The molecule has 0 amide bonds. The highest BCUT2D eigenvalue weighted by Crippen LogP contribution is 2.56. The average Bonchev–Trinajstić information content (AvgIpc) is 3.64. The van der Waals surface area contributed by atoms with E-state index in [1.54, 1.807) is 0 Å². The summed E-state index contributed by atoms with van der Waals surface area (Å²) >= 11 is 1.87. The fourth-order valence-electron chi connectivity index (χ4n) is 10.0. The highest BCUT2D eigenvalue weighted by Gasteiger charge is 2.45. The number of hydrogen-bond acceptors (Lipinski definition) is 2. The van der Waals surface area contributed by atoms with E-state index in [0.29, 0.717) is 0 Å². The summed E-state index contributed by atoms with van der Waals surface area (Å²) in [6.45, 7) is 0. The molecule has 0 aromatic heterocycles. The first-order valence-corrected chi connectivity index (χ1v) is 21.8. The molecule has 10 aromatic carbocycles. The normalized spacial score (nSPS) is 13.0.